The number of aromatic nitrogens is 3. The number of rotatable bonds is 5. The summed E-state index contributed by atoms with van der Waals surface area (Å²) < 4.78 is 1.73. The lowest BCUT2D eigenvalue weighted by molar-refractivity contribution is -0.124. The first-order chi connectivity index (χ1) is 17.4. The molecule has 1 aliphatic rings. The number of amidine groups is 1. The van der Waals surface area contributed by atoms with Gasteiger partial charge in [0.1, 0.15) is 11.5 Å². The van der Waals surface area contributed by atoms with Crippen LogP contribution in [0.15, 0.2) is 79.1 Å². The van der Waals surface area contributed by atoms with Crippen molar-refractivity contribution < 1.29 is 9.59 Å². The zero-order valence-electron chi connectivity index (χ0n) is 20.4. The first kappa shape index (κ1) is 26.6. The summed E-state index contributed by atoms with van der Waals surface area (Å²) in [6.45, 7) is 8.85. The van der Waals surface area contributed by atoms with Gasteiger partial charge in [-0.1, -0.05) is 49.0 Å². The number of carbonyl (C=O) groups excluding carboxylic acids is 2. The number of fused-ring (bicyclic) bond motifs is 1. The third-order valence-electron chi connectivity index (χ3n) is 5.59. The van der Waals surface area contributed by atoms with Crippen molar-refractivity contribution in [3.8, 4) is 11.3 Å². The van der Waals surface area contributed by atoms with E-state index in [9.17, 15) is 9.59 Å². The van der Waals surface area contributed by atoms with Crippen molar-refractivity contribution in [3.05, 3.63) is 84.7 Å². The third-order valence-corrected chi connectivity index (χ3v) is 5.86. The molecule has 186 valence electrons. The lowest BCUT2D eigenvalue weighted by atomic mass is 10.1. The summed E-state index contributed by atoms with van der Waals surface area (Å²) in [7, 11) is 3.44. The Hall–Kier alpha value is -4.04. The van der Waals surface area contributed by atoms with Gasteiger partial charge in [0.2, 0.25) is 5.91 Å². The van der Waals surface area contributed by atoms with Crippen molar-refractivity contribution in [2.24, 2.45) is 12.0 Å². The van der Waals surface area contributed by atoms with E-state index < -0.39 is 0 Å². The number of hydrogen-bond acceptors (Lipinski definition) is 5. The van der Waals surface area contributed by atoms with Crippen molar-refractivity contribution in [3.63, 3.8) is 0 Å². The smallest absolute Gasteiger partial charge is 0.256 e. The number of nitrogens with one attached hydrogen (secondary N) is 1. The molecule has 0 unspecified atom stereocenters. The normalized spacial score (nSPS) is 13.4. The number of amides is 2. The molecule has 36 heavy (non-hydrogen) atoms. The van der Waals surface area contributed by atoms with Crippen molar-refractivity contribution in [2.45, 2.75) is 12.8 Å². The van der Waals surface area contributed by atoms with Crippen LogP contribution in [-0.2, 0) is 11.8 Å². The number of pyridine rings is 1. The van der Waals surface area contributed by atoms with Gasteiger partial charge in [-0.05, 0) is 37.1 Å². The molecule has 0 radical (unpaired) electrons. The van der Waals surface area contributed by atoms with Gasteiger partial charge in [-0.2, -0.15) is 5.10 Å². The first-order valence-corrected chi connectivity index (χ1v) is 11.8. The molecule has 0 aliphatic carbocycles. The fourth-order valence-corrected chi connectivity index (χ4v) is 4.04. The minimum Gasteiger partial charge on any atom is -0.339 e. The van der Waals surface area contributed by atoms with E-state index in [0.29, 0.717) is 16.4 Å². The number of likely N-dealkylation sites (tertiary alicyclic amines) is 1. The summed E-state index contributed by atoms with van der Waals surface area (Å²) in [4.78, 5) is 33.2. The lowest BCUT2D eigenvalue weighted by Crippen LogP contribution is -2.29. The van der Waals surface area contributed by atoms with E-state index in [2.05, 4.69) is 33.5 Å². The van der Waals surface area contributed by atoms with Gasteiger partial charge < -0.3 is 10.2 Å². The Balaban J connectivity index is 0.000000338. The summed E-state index contributed by atoms with van der Waals surface area (Å²) in [6, 6.07) is 7.18. The molecular formula is C27H29ClN6O2. The lowest BCUT2D eigenvalue weighted by Gasteiger charge is -2.10. The number of nitrogens with zero attached hydrogens (tertiary/aromatic N) is 5. The molecule has 9 heteroatoms. The fraction of sp³-hybridized carbons (Fsp3) is 0.222. The molecule has 4 rings (SSSR count). The molecule has 1 saturated heterocycles. The second kappa shape index (κ2) is 12.6. The number of allylic oxidation sites excluding steroid dienone is 2. The van der Waals surface area contributed by atoms with Crippen LogP contribution in [0.2, 0.25) is 5.02 Å². The zero-order valence-corrected chi connectivity index (χ0v) is 21.2. The maximum absolute atomic E-state index is 12.4. The third kappa shape index (κ3) is 6.34. The minimum absolute atomic E-state index is 0.0764. The van der Waals surface area contributed by atoms with E-state index in [0.717, 1.165) is 48.1 Å². The highest BCUT2D eigenvalue weighted by Gasteiger charge is 2.15. The van der Waals surface area contributed by atoms with Crippen LogP contribution in [0.3, 0.4) is 0 Å². The number of halogens is 1. The molecule has 3 aromatic rings. The Morgan fingerprint density at radius 2 is 1.83 bits per heavy atom. The van der Waals surface area contributed by atoms with Crippen LogP contribution in [0.4, 0.5) is 0 Å². The number of aliphatic imine (C=N–C) groups is 1. The van der Waals surface area contributed by atoms with E-state index in [1.165, 1.54) is 6.08 Å². The van der Waals surface area contributed by atoms with Crippen LogP contribution in [0.25, 0.3) is 22.2 Å². The average Bonchev–Trinajstić information content (AvgIpc) is 3.55. The molecule has 1 aromatic carbocycles. The second-order valence-electron chi connectivity index (χ2n) is 7.96. The molecule has 0 saturated carbocycles. The Kier molecular flexibility index (Phi) is 9.30. The molecule has 0 spiro atoms. The Labute approximate surface area is 215 Å². The molecular weight excluding hydrogens is 476 g/mol. The molecule has 2 aromatic heterocycles. The van der Waals surface area contributed by atoms with Crippen molar-refractivity contribution in [2.75, 3.05) is 20.1 Å². The topological polar surface area (TPSA) is 92.5 Å². The van der Waals surface area contributed by atoms with Gasteiger partial charge in [-0.3, -0.25) is 24.2 Å². The highest BCUT2D eigenvalue weighted by atomic mass is 35.5. The number of benzene rings is 1. The van der Waals surface area contributed by atoms with Crippen LogP contribution < -0.4 is 5.32 Å². The van der Waals surface area contributed by atoms with Crippen molar-refractivity contribution in [1.29, 1.82) is 0 Å². The molecule has 8 nitrogen and oxygen atoms in total. The van der Waals surface area contributed by atoms with Gasteiger partial charge in [0.05, 0.1) is 10.5 Å². The molecule has 0 bridgehead atoms. The van der Waals surface area contributed by atoms with E-state index in [1.807, 2.05) is 24.1 Å². The largest absolute Gasteiger partial charge is 0.339 e. The zero-order chi connectivity index (χ0) is 26.1. The molecule has 1 fully saturated rings. The Morgan fingerprint density at radius 1 is 1.14 bits per heavy atom. The van der Waals surface area contributed by atoms with Crippen LogP contribution in [-0.4, -0.2) is 57.5 Å². The van der Waals surface area contributed by atoms with E-state index in [-0.39, 0.29) is 11.8 Å². The van der Waals surface area contributed by atoms with Gasteiger partial charge in [0.15, 0.2) is 0 Å². The van der Waals surface area contributed by atoms with Gasteiger partial charge >= 0.3 is 0 Å². The second-order valence-corrected chi connectivity index (χ2v) is 8.37. The summed E-state index contributed by atoms with van der Waals surface area (Å²) in [5.41, 5.74) is 2.97. The highest BCUT2D eigenvalue weighted by Crippen LogP contribution is 2.30. The highest BCUT2D eigenvalue weighted by molar-refractivity contribution is 6.35. The predicted octanol–water partition coefficient (Wildman–Crippen LogP) is 4.58. The van der Waals surface area contributed by atoms with Crippen molar-refractivity contribution in [1.82, 2.24) is 25.0 Å². The molecule has 2 amide bonds. The van der Waals surface area contributed by atoms with E-state index >= 15 is 0 Å². The number of hydrogen-bond donors (Lipinski definition) is 1. The minimum atomic E-state index is -0.244. The van der Waals surface area contributed by atoms with E-state index in [4.69, 9.17) is 11.6 Å². The summed E-state index contributed by atoms with van der Waals surface area (Å²) >= 11 is 6.23. The first-order valence-electron chi connectivity index (χ1n) is 11.4. The van der Waals surface area contributed by atoms with E-state index in [1.54, 1.807) is 54.5 Å². The van der Waals surface area contributed by atoms with Gasteiger partial charge in [0, 0.05) is 56.1 Å². The van der Waals surface area contributed by atoms with Gasteiger partial charge in [-0.15, -0.1) is 0 Å². The SMILES string of the molecule is C=C/C=C\C(=NC)NC(=O)c1ccc(-c2nn(C)c3c(Cl)cncc23)cc1.C=CC(=O)N1CCCC1. The van der Waals surface area contributed by atoms with Gasteiger partial charge in [-0.25, -0.2) is 0 Å². The molecule has 1 N–H and O–H groups in total. The Bertz CT molecular complexity index is 1320. The molecule has 1 aliphatic heterocycles. The summed E-state index contributed by atoms with van der Waals surface area (Å²) in [6.07, 6.45) is 12.0. The Morgan fingerprint density at radius 3 is 2.44 bits per heavy atom. The standard InChI is InChI=1S/C20H18ClN5O.C7H11NO/c1-4-5-6-17(22-2)24-20(27)14-9-7-13(8-10-14)18-15-11-23-12-16(21)19(15)26(3)25-18;1-2-7(9)8-5-3-4-6-8/h4-12H,1H2,2-3H3,(H,22,24,27);2H,1,3-6H2/b6-5-;. The maximum atomic E-state index is 12.4. The molecule has 0 atom stereocenters. The van der Waals surface area contributed by atoms with Crippen LogP contribution >= 0.6 is 11.6 Å². The van der Waals surface area contributed by atoms with Crippen molar-refractivity contribution >= 4 is 40.2 Å². The van der Waals surface area contributed by atoms with Crippen LogP contribution in [0, 0.1) is 0 Å². The number of carbonyl (C=O) groups is 2. The maximum Gasteiger partial charge on any atom is 0.256 e. The molecule has 3 heterocycles. The van der Waals surface area contributed by atoms with Crippen LogP contribution in [0.1, 0.15) is 23.2 Å². The summed E-state index contributed by atoms with van der Waals surface area (Å²) in [5.74, 6) is 0.291. The predicted molar refractivity (Wildman–Crippen MR) is 145 cm³/mol. The number of aryl methyl sites for hydroxylation is 1. The van der Waals surface area contributed by atoms with Gasteiger partial charge in [0.25, 0.3) is 5.91 Å². The monoisotopic (exact) mass is 504 g/mol. The quantitative estimate of drug-likeness (QED) is 0.238. The van der Waals surface area contributed by atoms with Crippen LogP contribution in [0.5, 0.6) is 0 Å². The summed E-state index contributed by atoms with van der Waals surface area (Å²) in [5, 5.41) is 8.70. The fourth-order valence-electron chi connectivity index (χ4n) is 3.76. The average molecular weight is 505 g/mol.